The van der Waals surface area contributed by atoms with E-state index in [-0.39, 0.29) is 22.0 Å². The highest BCUT2D eigenvalue weighted by Gasteiger charge is 2.32. The minimum Gasteiger partial charge on any atom is -0.272 e. The van der Waals surface area contributed by atoms with E-state index in [0.29, 0.717) is 21.6 Å². The van der Waals surface area contributed by atoms with Gasteiger partial charge in [-0.1, -0.05) is 53.7 Å². The molecule has 0 aliphatic rings. The number of nitrogens with one attached hydrogen (secondary N) is 1. The third-order valence-electron chi connectivity index (χ3n) is 4.82. The number of para-hydroxylation sites is 1. The van der Waals surface area contributed by atoms with E-state index < -0.39 is 17.6 Å². The number of hydrogen-bond acceptors (Lipinski definition) is 5. The molecule has 35 heavy (non-hydrogen) atoms. The molecule has 0 saturated heterocycles. The van der Waals surface area contributed by atoms with Crippen molar-refractivity contribution in [1.82, 2.24) is 15.0 Å². The number of rotatable bonds is 6. The zero-order valence-electron chi connectivity index (χ0n) is 17.8. The molecule has 0 bridgehead atoms. The molecule has 6 nitrogen and oxygen atoms in total. The Hall–Kier alpha value is -3.63. The van der Waals surface area contributed by atoms with Crippen LogP contribution >= 0.6 is 23.4 Å². The quantitative estimate of drug-likeness (QED) is 0.163. The zero-order valence-corrected chi connectivity index (χ0v) is 19.4. The summed E-state index contributed by atoms with van der Waals surface area (Å²) in [4.78, 5) is 30.0. The number of halogens is 4. The molecule has 0 unspecified atom stereocenters. The molecule has 0 aliphatic carbocycles. The third-order valence-corrected chi connectivity index (χ3v) is 6.01. The van der Waals surface area contributed by atoms with Crippen LogP contribution in [0.2, 0.25) is 5.02 Å². The van der Waals surface area contributed by atoms with Crippen LogP contribution in [0.5, 0.6) is 0 Å². The minimum absolute atomic E-state index is 0.180. The number of thioether (sulfide) groups is 1. The van der Waals surface area contributed by atoms with E-state index in [1.807, 2.05) is 0 Å². The Balaban J connectivity index is 1.55. The molecule has 1 aromatic heterocycles. The molecule has 1 heterocycles. The molecule has 4 aromatic rings. The van der Waals surface area contributed by atoms with Crippen molar-refractivity contribution in [2.45, 2.75) is 11.3 Å². The smallest absolute Gasteiger partial charge is 0.272 e. The standard InChI is InChI=1S/C24H16ClF3N4O2S/c25-16-9-11-17(12-10-16)32-22(34)18-6-2-4-8-20(18)30-23(32)35-14-21(33)31-29-13-15-5-1-3-7-19(15)24(26,27)28/h1-13H,14H2,(H,31,33)/b29-13-. The first kappa shape index (κ1) is 24.5. The molecular weight excluding hydrogens is 501 g/mol. The molecular formula is C24H16ClF3N4O2S. The monoisotopic (exact) mass is 516 g/mol. The minimum atomic E-state index is -4.55. The Morgan fingerprint density at radius 2 is 1.74 bits per heavy atom. The van der Waals surface area contributed by atoms with Gasteiger partial charge >= 0.3 is 6.18 Å². The molecule has 0 fully saturated rings. The molecule has 0 radical (unpaired) electrons. The summed E-state index contributed by atoms with van der Waals surface area (Å²) in [6, 6.07) is 18.3. The lowest BCUT2D eigenvalue weighted by molar-refractivity contribution is -0.137. The van der Waals surface area contributed by atoms with Gasteiger partial charge in [0.2, 0.25) is 0 Å². The highest BCUT2D eigenvalue weighted by Crippen LogP contribution is 2.31. The van der Waals surface area contributed by atoms with Gasteiger partial charge in [0.05, 0.1) is 34.1 Å². The lowest BCUT2D eigenvalue weighted by Crippen LogP contribution is -2.24. The van der Waals surface area contributed by atoms with Crippen molar-refractivity contribution >= 4 is 46.4 Å². The van der Waals surface area contributed by atoms with Gasteiger partial charge in [-0.3, -0.25) is 14.2 Å². The number of carbonyl (C=O) groups is 1. The second kappa shape index (κ2) is 10.3. The van der Waals surface area contributed by atoms with Crippen molar-refractivity contribution in [2.24, 2.45) is 5.10 Å². The molecule has 0 aliphatic heterocycles. The number of hydrogen-bond donors (Lipinski definition) is 1. The number of carbonyl (C=O) groups excluding carboxylic acids is 1. The fourth-order valence-electron chi connectivity index (χ4n) is 3.23. The highest BCUT2D eigenvalue weighted by molar-refractivity contribution is 7.99. The largest absolute Gasteiger partial charge is 0.417 e. The number of alkyl halides is 3. The molecule has 178 valence electrons. The van der Waals surface area contributed by atoms with Crippen molar-refractivity contribution in [3.05, 3.63) is 99.3 Å². The molecule has 1 N–H and O–H groups in total. The summed E-state index contributed by atoms with van der Waals surface area (Å²) in [5, 5.41) is 4.81. The van der Waals surface area contributed by atoms with Crippen LogP contribution in [0.25, 0.3) is 16.6 Å². The summed E-state index contributed by atoms with van der Waals surface area (Å²) in [7, 11) is 0. The van der Waals surface area contributed by atoms with Gasteiger partial charge in [0.25, 0.3) is 11.5 Å². The number of fused-ring (bicyclic) bond motifs is 1. The second-order valence-electron chi connectivity index (χ2n) is 7.20. The van der Waals surface area contributed by atoms with Crippen molar-refractivity contribution in [2.75, 3.05) is 5.75 Å². The topological polar surface area (TPSA) is 76.3 Å². The Bertz CT molecular complexity index is 1470. The number of amides is 1. The third kappa shape index (κ3) is 5.72. The first-order chi connectivity index (χ1) is 16.7. The second-order valence-corrected chi connectivity index (χ2v) is 8.57. The van der Waals surface area contributed by atoms with Crippen LogP contribution in [0, 0.1) is 0 Å². The van der Waals surface area contributed by atoms with Gasteiger partial charge in [-0.05, 0) is 42.5 Å². The summed E-state index contributed by atoms with van der Waals surface area (Å²) in [6.07, 6.45) is -3.61. The van der Waals surface area contributed by atoms with Gasteiger partial charge in [-0.2, -0.15) is 18.3 Å². The molecule has 0 spiro atoms. The van der Waals surface area contributed by atoms with Crippen molar-refractivity contribution in [1.29, 1.82) is 0 Å². The zero-order chi connectivity index (χ0) is 25.0. The maximum atomic E-state index is 13.2. The summed E-state index contributed by atoms with van der Waals surface area (Å²) < 4.78 is 40.6. The highest BCUT2D eigenvalue weighted by atomic mass is 35.5. The van der Waals surface area contributed by atoms with Crippen molar-refractivity contribution < 1.29 is 18.0 Å². The van der Waals surface area contributed by atoms with Gasteiger partial charge in [0, 0.05) is 10.6 Å². The van der Waals surface area contributed by atoms with Crippen LogP contribution in [0.3, 0.4) is 0 Å². The van der Waals surface area contributed by atoms with E-state index in [9.17, 15) is 22.8 Å². The van der Waals surface area contributed by atoms with E-state index in [4.69, 9.17) is 11.6 Å². The molecule has 1 amide bonds. The fourth-order valence-corrected chi connectivity index (χ4v) is 4.16. The molecule has 11 heteroatoms. The van der Waals surface area contributed by atoms with Gasteiger partial charge < -0.3 is 0 Å². The lowest BCUT2D eigenvalue weighted by Gasteiger charge is -2.13. The number of benzene rings is 3. The van der Waals surface area contributed by atoms with Crippen molar-refractivity contribution in [3.63, 3.8) is 0 Å². The van der Waals surface area contributed by atoms with Crippen LogP contribution < -0.4 is 11.0 Å². The summed E-state index contributed by atoms with van der Waals surface area (Å²) in [6.45, 7) is 0. The molecule has 0 atom stereocenters. The Morgan fingerprint density at radius 3 is 2.49 bits per heavy atom. The number of hydrazone groups is 1. The van der Waals surface area contributed by atoms with Gasteiger partial charge in [-0.25, -0.2) is 10.4 Å². The lowest BCUT2D eigenvalue weighted by atomic mass is 10.1. The molecule has 3 aromatic carbocycles. The summed E-state index contributed by atoms with van der Waals surface area (Å²) in [5.74, 6) is -0.766. The number of nitrogens with zero attached hydrogens (tertiary/aromatic N) is 3. The average Bonchev–Trinajstić information content (AvgIpc) is 2.83. The molecule has 0 saturated carbocycles. The average molecular weight is 517 g/mol. The summed E-state index contributed by atoms with van der Waals surface area (Å²) in [5.41, 5.74) is 1.83. The van der Waals surface area contributed by atoms with Crippen LogP contribution in [-0.2, 0) is 11.0 Å². The number of aromatic nitrogens is 2. The first-order valence-corrected chi connectivity index (χ1v) is 11.5. The van der Waals surface area contributed by atoms with E-state index in [2.05, 4.69) is 15.5 Å². The predicted octanol–water partition coefficient (Wildman–Crippen LogP) is 5.30. The van der Waals surface area contributed by atoms with Crippen molar-refractivity contribution in [3.8, 4) is 5.69 Å². The van der Waals surface area contributed by atoms with E-state index >= 15 is 0 Å². The Kier molecular flexibility index (Phi) is 7.23. The fraction of sp³-hybridized carbons (Fsp3) is 0.0833. The first-order valence-electron chi connectivity index (χ1n) is 10.1. The van der Waals surface area contributed by atoms with Crippen LogP contribution in [0.4, 0.5) is 13.2 Å². The van der Waals surface area contributed by atoms with E-state index in [0.717, 1.165) is 24.0 Å². The van der Waals surface area contributed by atoms with Gasteiger partial charge in [0.1, 0.15) is 0 Å². The molecule has 4 rings (SSSR count). The predicted molar refractivity (Wildman–Crippen MR) is 130 cm³/mol. The van der Waals surface area contributed by atoms with Crippen LogP contribution in [0.15, 0.2) is 87.8 Å². The Labute approximate surface area is 206 Å². The van der Waals surface area contributed by atoms with E-state index in [1.54, 1.807) is 48.5 Å². The SMILES string of the molecule is O=C(CSc1nc2ccccc2c(=O)n1-c1ccc(Cl)cc1)N/N=C\c1ccccc1C(F)(F)F. The van der Waals surface area contributed by atoms with E-state index in [1.165, 1.54) is 22.8 Å². The maximum absolute atomic E-state index is 13.2. The van der Waals surface area contributed by atoms with Crippen LogP contribution in [0.1, 0.15) is 11.1 Å². The van der Waals surface area contributed by atoms with Crippen LogP contribution in [-0.4, -0.2) is 27.4 Å². The van der Waals surface area contributed by atoms with Gasteiger partial charge in [0.15, 0.2) is 5.16 Å². The Morgan fingerprint density at radius 1 is 1.06 bits per heavy atom. The van der Waals surface area contributed by atoms with Gasteiger partial charge in [-0.15, -0.1) is 0 Å². The maximum Gasteiger partial charge on any atom is 0.417 e. The summed E-state index contributed by atoms with van der Waals surface area (Å²) >= 11 is 6.96. The normalized spacial score (nSPS) is 11.8.